The molecule has 0 atom stereocenters. The molecule has 0 aliphatic rings. The number of hydrogen-bond acceptors (Lipinski definition) is 5. The number of ether oxygens (including phenoxy) is 2. The molecular weight excluding hydrogens is 419 g/mol. The van der Waals surface area contributed by atoms with Gasteiger partial charge in [0.25, 0.3) is 0 Å². The quantitative estimate of drug-likeness (QED) is 0.444. The summed E-state index contributed by atoms with van der Waals surface area (Å²) in [5.74, 6) is 1.21. The normalized spacial score (nSPS) is 10.5. The highest BCUT2D eigenvalue weighted by molar-refractivity contribution is 7.14. The van der Waals surface area contributed by atoms with Crippen molar-refractivity contribution >= 4 is 45.6 Å². The average Bonchev–Trinajstić information content (AvgIpc) is 3.13. The van der Waals surface area contributed by atoms with E-state index in [9.17, 15) is 4.79 Å². The van der Waals surface area contributed by atoms with Crippen LogP contribution >= 0.6 is 34.5 Å². The van der Waals surface area contributed by atoms with E-state index < -0.39 is 0 Å². The minimum atomic E-state index is -0.119. The van der Waals surface area contributed by atoms with Gasteiger partial charge in [0.2, 0.25) is 5.91 Å². The third kappa shape index (κ3) is 5.38. The average molecular weight is 437 g/mol. The van der Waals surface area contributed by atoms with Crippen LogP contribution in [0.1, 0.15) is 12.8 Å². The second-order valence-electron chi connectivity index (χ2n) is 5.81. The fourth-order valence-corrected chi connectivity index (χ4v) is 3.72. The van der Waals surface area contributed by atoms with Gasteiger partial charge < -0.3 is 14.8 Å². The van der Waals surface area contributed by atoms with Crippen molar-refractivity contribution in [3.8, 4) is 22.8 Å². The van der Waals surface area contributed by atoms with E-state index in [4.69, 9.17) is 32.7 Å². The molecule has 1 N–H and O–H groups in total. The van der Waals surface area contributed by atoms with E-state index in [1.807, 2.05) is 29.6 Å². The lowest BCUT2D eigenvalue weighted by Crippen LogP contribution is -2.12. The zero-order valence-corrected chi connectivity index (χ0v) is 17.4. The first-order valence-corrected chi connectivity index (χ1v) is 10.2. The lowest BCUT2D eigenvalue weighted by Gasteiger charge is -2.09. The van der Waals surface area contributed by atoms with Crippen molar-refractivity contribution in [3.05, 3.63) is 57.9 Å². The van der Waals surface area contributed by atoms with E-state index in [-0.39, 0.29) is 5.91 Å². The van der Waals surface area contributed by atoms with Crippen LogP contribution in [0, 0.1) is 0 Å². The van der Waals surface area contributed by atoms with Crippen LogP contribution in [0.5, 0.6) is 11.5 Å². The van der Waals surface area contributed by atoms with E-state index >= 15 is 0 Å². The monoisotopic (exact) mass is 436 g/mol. The highest BCUT2D eigenvalue weighted by Crippen LogP contribution is 2.32. The molecule has 0 spiro atoms. The predicted octanol–water partition coefficient (Wildman–Crippen LogP) is 5.92. The van der Waals surface area contributed by atoms with Crippen molar-refractivity contribution < 1.29 is 14.3 Å². The van der Waals surface area contributed by atoms with Crippen molar-refractivity contribution in [1.82, 2.24) is 4.98 Å². The summed E-state index contributed by atoms with van der Waals surface area (Å²) in [4.78, 5) is 16.6. The predicted molar refractivity (Wildman–Crippen MR) is 114 cm³/mol. The van der Waals surface area contributed by atoms with Crippen LogP contribution in [-0.4, -0.2) is 24.6 Å². The standard InChI is InChI=1S/C20H18Cl2N2O3S/c1-26-17-5-2-3-6-18(17)27-10-4-7-19(25)24-20-23-16(12-28-20)14-9-8-13(21)11-15(14)22/h2-3,5-6,8-9,11-12H,4,7,10H2,1H3,(H,23,24,25). The molecule has 8 heteroatoms. The number of para-hydroxylation sites is 2. The first kappa shape index (κ1) is 20.5. The molecule has 5 nitrogen and oxygen atoms in total. The fraction of sp³-hybridized carbons (Fsp3) is 0.200. The number of benzene rings is 2. The maximum absolute atomic E-state index is 12.1. The van der Waals surface area contributed by atoms with E-state index in [0.717, 1.165) is 5.56 Å². The topological polar surface area (TPSA) is 60.5 Å². The summed E-state index contributed by atoms with van der Waals surface area (Å²) in [5.41, 5.74) is 1.47. The number of carbonyl (C=O) groups excluding carboxylic acids is 1. The molecule has 146 valence electrons. The van der Waals surface area contributed by atoms with Crippen LogP contribution in [0.15, 0.2) is 47.8 Å². The molecule has 28 heavy (non-hydrogen) atoms. The Morgan fingerprint density at radius 3 is 2.71 bits per heavy atom. The van der Waals surface area contributed by atoms with Gasteiger partial charge in [-0.05, 0) is 36.8 Å². The van der Waals surface area contributed by atoms with Gasteiger partial charge in [-0.3, -0.25) is 4.79 Å². The largest absolute Gasteiger partial charge is 0.493 e. The molecule has 0 aliphatic carbocycles. The number of methoxy groups -OCH3 is 1. The summed E-state index contributed by atoms with van der Waals surface area (Å²) >= 11 is 13.5. The summed E-state index contributed by atoms with van der Waals surface area (Å²) in [7, 11) is 1.59. The number of aromatic nitrogens is 1. The number of thiazole rings is 1. The van der Waals surface area contributed by atoms with Crippen molar-refractivity contribution in [2.24, 2.45) is 0 Å². The molecule has 0 fully saturated rings. The summed E-state index contributed by atoms with van der Waals surface area (Å²) < 4.78 is 10.9. The number of halogens is 2. The molecular formula is C20H18Cl2N2O3S. The minimum absolute atomic E-state index is 0.119. The number of carbonyl (C=O) groups is 1. The Hall–Kier alpha value is -2.28. The van der Waals surface area contributed by atoms with Crippen LogP contribution in [0.4, 0.5) is 5.13 Å². The zero-order chi connectivity index (χ0) is 19.9. The van der Waals surface area contributed by atoms with Crippen LogP contribution in [-0.2, 0) is 4.79 Å². The Bertz CT molecular complexity index is 962. The van der Waals surface area contributed by atoms with Crippen molar-refractivity contribution in [2.75, 3.05) is 19.0 Å². The van der Waals surface area contributed by atoms with E-state index in [0.29, 0.717) is 51.8 Å². The number of nitrogens with one attached hydrogen (secondary N) is 1. The lowest BCUT2D eigenvalue weighted by atomic mass is 10.2. The Morgan fingerprint density at radius 2 is 1.96 bits per heavy atom. The van der Waals surface area contributed by atoms with Gasteiger partial charge in [0, 0.05) is 22.4 Å². The first-order chi connectivity index (χ1) is 13.6. The zero-order valence-electron chi connectivity index (χ0n) is 15.1. The number of anilines is 1. The Kier molecular flexibility index (Phi) is 7.14. The van der Waals surface area contributed by atoms with Gasteiger partial charge in [0.05, 0.1) is 24.4 Å². The van der Waals surface area contributed by atoms with Crippen LogP contribution in [0.3, 0.4) is 0 Å². The molecule has 3 aromatic rings. The smallest absolute Gasteiger partial charge is 0.226 e. The molecule has 0 unspecified atom stereocenters. The SMILES string of the molecule is COc1ccccc1OCCCC(=O)Nc1nc(-c2ccc(Cl)cc2Cl)cs1. The van der Waals surface area contributed by atoms with Crippen LogP contribution in [0.2, 0.25) is 10.0 Å². The molecule has 0 saturated heterocycles. The lowest BCUT2D eigenvalue weighted by molar-refractivity contribution is -0.116. The summed E-state index contributed by atoms with van der Waals surface area (Å²) in [6.45, 7) is 0.414. The maximum atomic E-state index is 12.1. The first-order valence-electron chi connectivity index (χ1n) is 8.53. The van der Waals surface area contributed by atoms with E-state index in [1.54, 1.807) is 25.3 Å². The Balaban J connectivity index is 1.48. The van der Waals surface area contributed by atoms with Crippen molar-refractivity contribution in [1.29, 1.82) is 0 Å². The Morgan fingerprint density at radius 1 is 1.18 bits per heavy atom. The number of nitrogens with zero attached hydrogens (tertiary/aromatic N) is 1. The third-order valence-electron chi connectivity index (χ3n) is 3.83. The van der Waals surface area contributed by atoms with Gasteiger partial charge in [-0.1, -0.05) is 35.3 Å². The maximum Gasteiger partial charge on any atom is 0.226 e. The minimum Gasteiger partial charge on any atom is -0.493 e. The molecule has 3 rings (SSSR count). The van der Waals surface area contributed by atoms with Gasteiger partial charge in [0.15, 0.2) is 16.6 Å². The van der Waals surface area contributed by atoms with Gasteiger partial charge in [-0.25, -0.2) is 4.98 Å². The van der Waals surface area contributed by atoms with Crippen LogP contribution in [0.25, 0.3) is 11.3 Å². The molecule has 0 bridgehead atoms. The van der Waals surface area contributed by atoms with Crippen molar-refractivity contribution in [3.63, 3.8) is 0 Å². The summed E-state index contributed by atoms with van der Waals surface area (Å²) in [6.07, 6.45) is 0.900. The third-order valence-corrected chi connectivity index (χ3v) is 5.14. The van der Waals surface area contributed by atoms with E-state index in [1.165, 1.54) is 11.3 Å². The second kappa shape index (κ2) is 9.78. The molecule has 0 saturated carbocycles. The second-order valence-corrected chi connectivity index (χ2v) is 7.51. The summed E-state index contributed by atoms with van der Waals surface area (Å²) in [6, 6.07) is 12.6. The molecule has 1 heterocycles. The van der Waals surface area contributed by atoms with Gasteiger partial charge in [-0.15, -0.1) is 11.3 Å². The fourth-order valence-electron chi connectivity index (χ4n) is 2.49. The highest BCUT2D eigenvalue weighted by atomic mass is 35.5. The van der Waals surface area contributed by atoms with Crippen molar-refractivity contribution in [2.45, 2.75) is 12.8 Å². The van der Waals surface area contributed by atoms with Gasteiger partial charge in [-0.2, -0.15) is 0 Å². The number of hydrogen-bond donors (Lipinski definition) is 1. The van der Waals surface area contributed by atoms with Crippen LogP contribution < -0.4 is 14.8 Å². The summed E-state index contributed by atoms with van der Waals surface area (Å²) in [5, 5.41) is 6.25. The molecule has 0 radical (unpaired) electrons. The number of rotatable bonds is 8. The van der Waals surface area contributed by atoms with Gasteiger partial charge >= 0.3 is 0 Å². The van der Waals surface area contributed by atoms with Gasteiger partial charge in [0.1, 0.15) is 0 Å². The highest BCUT2D eigenvalue weighted by Gasteiger charge is 2.11. The Labute approximate surface area is 177 Å². The molecule has 0 aliphatic heterocycles. The molecule has 1 aromatic heterocycles. The molecule has 1 amide bonds. The number of amides is 1. The molecule has 2 aromatic carbocycles. The van der Waals surface area contributed by atoms with E-state index in [2.05, 4.69) is 10.3 Å².